The van der Waals surface area contributed by atoms with E-state index in [1.807, 2.05) is 0 Å². The molecular formula is C14H26N2. The van der Waals surface area contributed by atoms with Crippen LogP contribution in [0.15, 0.2) is 0 Å². The topological polar surface area (TPSA) is 29.3 Å². The van der Waals surface area contributed by atoms with Gasteiger partial charge in [-0.05, 0) is 42.9 Å². The van der Waals surface area contributed by atoms with Gasteiger partial charge in [0, 0.05) is 25.7 Å². The highest BCUT2D eigenvalue weighted by Gasteiger charge is 2.42. The molecule has 1 saturated heterocycles. The lowest BCUT2D eigenvalue weighted by molar-refractivity contribution is 0.169. The summed E-state index contributed by atoms with van der Waals surface area (Å²) in [5.41, 5.74) is 6.70. The van der Waals surface area contributed by atoms with Gasteiger partial charge in [0.05, 0.1) is 0 Å². The number of rotatable bonds is 2. The summed E-state index contributed by atoms with van der Waals surface area (Å²) < 4.78 is 0. The van der Waals surface area contributed by atoms with Crippen LogP contribution >= 0.6 is 0 Å². The second-order valence-electron chi connectivity index (χ2n) is 6.80. The highest BCUT2D eigenvalue weighted by atomic mass is 15.2. The maximum atomic E-state index is 6.28. The van der Waals surface area contributed by atoms with Crippen LogP contribution < -0.4 is 5.73 Å². The van der Waals surface area contributed by atoms with Crippen molar-refractivity contribution in [1.82, 2.24) is 4.90 Å². The van der Waals surface area contributed by atoms with Crippen LogP contribution in [0, 0.1) is 17.3 Å². The highest BCUT2D eigenvalue weighted by Crippen LogP contribution is 2.42. The van der Waals surface area contributed by atoms with Crippen LogP contribution in [0.2, 0.25) is 0 Å². The summed E-state index contributed by atoms with van der Waals surface area (Å²) in [5.74, 6) is 2.06. The van der Waals surface area contributed by atoms with Crippen LogP contribution in [0.3, 0.4) is 0 Å². The molecule has 0 aromatic carbocycles. The van der Waals surface area contributed by atoms with E-state index >= 15 is 0 Å². The van der Waals surface area contributed by atoms with E-state index in [0.29, 0.717) is 11.5 Å². The van der Waals surface area contributed by atoms with Crippen molar-refractivity contribution >= 4 is 0 Å². The van der Waals surface area contributed by atoms with E-state index in [0.717, 1.165) is 11.8 Å². The largest absolute Gasteiger partial charge is 0.327 e. The van der Waals surface area contributed by atoms with Crippen LogP contribution in [-0.4, -0.2) is 30.6 Å². The molecule has 3 rings (SSSR count). The molecule has 16 heavy (non-hydrogen) atoms. The summed E-state index contributed by atoms with van der Waals surface area (Å²) in [7, 11) is 0. The average molecular weight is 222 g/mol. The third kappa shape index (κ3) is 1.80. The SMILES string of the molecule is CC1(CN2CC3CCCC3C2)CCCC1N. The van der Waals surface area contributed by atoms with Gasteiger partial charge in [-0.1, -0.05) is 19.8 Å². The standard InChI is InChI=1S/C14H26N2/c1-14(7-3-6-13(14)15)10-16-8-11-4-2-5-12(11)9-16/h11-13H,2-10,15H2,1H3. The van der Waals surface area contributed by atoms with Crippen LogP contribution in [0.1, 0.15) is 45.4 Å². The number of nitrogens with zero attached hydrogens (tertiary/aromatic N) is 1. The minimum Gasteiger partial charge on any atom is -0.327 e. The maximum absolute atomic E-state index is 6.28. The van der Waals surface area contributed by atoms with E-state index < -0.39 is 0 Å². The minimum absolute atomic E-state index is 0.415. The maximum Gasteiger partial charge on any atom is 0.0105 e. The Bertz CT molecular complexity index is 253. The fourth-order valence-electron chi connectivity index (χ4n) is 4.43. The van der Waals surface area contributed by atoms with Crippen molar-refractivity contribution in [3.8, 4) is 0 Å². The van der Waals surface area contributed by atoms with Gasteiger partial charge >= 0.3 is 0 Å². The number of hydrogen-bond acceptors (Lipinski definition) is 2. The second-order valence-corrected chi connectivity index (χ2v) is 6.80. The average Bonchev–Trinajstić information content (AvgIpc) is 2.83. The Morgan fingerprint density at radius 1 is 1.12 bits per heavy atom. The molecule has 0 spiro atoms. The van der Waals surface area contributed by atoms with Gasteiger partial charge < -0.3 is 10.6 Å². The molecule has 3 fully saturated rings. The van der Waals surface area contributed by atoms with Crippen molar-refractivity contribution in [1.29, 1.82) is 0 Å². The Morgan fingerprint density at radius 3 is 2.38 bits per heavy atom. The first-order valence-electron chi connectivity index (χ1n) is 7.15. The zero-order chi connectivity index (χ0) is 11.2. The van der Waals surface area contributed by atoms with Crippen molar-refractivity contribution in [3.63, 3.8) is 0 Å². The molecule has 4 unspecified atom stereocenters. The van der Waals surface area contributed by atoms with Gasteiger partial charge in [-0.25, -0.2) is 0 Å². The van der Waals surface area contributed by atoms with E-state index in [2.05, 4.69) is 11.8 Å². The zero-order valence-electron chi connectivity index (χ0n) is 10.6. The summed E-state index contributed by atoms with van der Waals surface area (Å²) in [4.78, 5) is 2.72. The first-order valence-corrected chi connectivity index (χ1v) is 7.15. The number of nitrogens with two attached hydrogens (primary N) is 1. The Morgan fingerprint density at radius 2 is 1.81 bits per heavy atom. The minimum atomic E-state index is 0.415. The van der Waals surface area contributed by atoms with Gasteiger partial charge in [0.2, 0.25) is 0 Å². The van der Waals surface area contributed by atoms with Gasteiger partial charge in [-0.2, -0.15) is 0 Å². The molecule has 3 aliphatic rings. The molecule has 2 heteroatoms. The highest BCUT2D eigenvalue weighted by molar-refractivity contribution is 4.96. The predicted molar refractivity (Wildman–Crippen MR) is 67.2 cm³/mol. The van der Waals surface area contributed by atoms with Crippen molar-refractivity contribution in [3.05, 3.63) is 0 Å². The van der Waals surface area contributed by atoms with E-state index in [9.17, 15) is 0 Å². The Balaban J connectivity index is 1.59. The van der Waals surface area contributed by atoms with Crippen molar-refractivity contribution < 1.29 is 0 Å². The summed E-state index contributed by atoms with van der Waals surface area (Å²) in [6, 6.07) is 0.452. The van der Waals surface area contributed by atoms with Crippen LogP contribution in [-0.2, 0) is 0 Å². The second kappa shape index (κ2) is 3.99. The van der Waals surface area contributed by atoms with Gasteiger partial charge in [0.25, 0.3) is 0 Å². The molecule has 92 valence electrons. The third-order valence-corrected chi connectivity index (χ3v) is 5.54. The molecule has 2 N–H and O–H groups in total. The molecule has 0 amide bonds. The van der Waals surface area contributed by atoms with Crippen LogP contribution in [0.4, 0.5) is 0 Å². The Labute approximate surface area is 99.6 Å². The van der Waals surface area contributed by atoms with Crippen molar-refractivity contribution in [2.24, 2.45) is 23.0 Å². The molecule has 0 bridgehead atoms. The number of hydrogen-bond donors (Lipinski definition) is 1. The van der Waals surface area contributed by atoms with Crippen molar-refractivity contribution in [2.75, 3.05) is 19.6 Å². The molecule has 0 aromatic heterocycles. The fourth-order valence-corrected chi connectivity index (χ4v) is 4.43. The van der Waals surface area contributed by atoms with Crippen LogP contribution in [0.5, 0.6) is 0 Å². The van der Waals surface area contributed by atoms with Gasteiger partial charge in [0.1, 0.15) is 0 Å². The first-order chi connectivity index (χ1) is 7.67. The van der Waals surface area contributed by atoms with Gasteiger partial charge in [-0.15, -0.1) is 0 Å². The normalized spacial score (nSPS) is 48.8. The summed E-state index contributed by atoms with van der Waals surface area (Å²) in [6.07, 6.45) is 8.41. The number of fused-ring (bicyclic) bond motifs is 1. The Hall–Kier alpha value is -0.0800. The monoisotopic (exact) mass is 222 g/mol. The first kappa shape index (κ1) is 11.0. The van der Waals surface area contributed by atoms with E-state index in [1.165, 1.54) is 58.2 Å². The molecule has 1 aliphatic heterocycles. The van der Waals surface area contributed by atoms with Crippen LogP contribution in [0.25, 0.3) is 0 Å². The lowest BCUT2D eigenvalue weighted by atomic mass is 9.84. The summed E-state index contributed by atoms with van der Waals surface area (Å²) in [5, 5.41) is 0. The van der Waals surface area contributed by atoms with Gasteiger partial charge in [-0.3, -0.25) is 0 Å². The van der Waals surface area contributed by atoms with Crippen molar-refractivity contribution in [2.45, 2.75) is 51.5 Å². The van der Waals surface area contributed by atoms with E-state index in [1.54, 1.807) is 0 Å². The van der Waals surface area contributed by atoms with E-state index in [4.69, 9.17) is 5.73 Å². The smallest absolute Gasteiger partial charge is 0.0105 e. The number of likely N-dealkylation sites (tertiary alicyclic amines) is 1. The quantitative estimate of drug-likeness (QED) is 0.776. The predicted octanol–water partition coefficient (Wildman–Crippen LogP) is 2.24. The zero-order valence-corrected chi connectivity index (χ0v) is 10.6. The molecular weight excluding hydrogens is 196 g/mol. The molecule has 0 radical (unpaired) electrons. The van der Waals surface area contributed by atoms with Gasteiger partial charge in [0.15, 0.2) is 0 Å². The summed E-state index contributed by atoms with van der Waals surface area (Å²) >= 11 is 0. The lowest BCUT2D eigenvalue weighted by Gasteiger charge is -2.34. The molecule has 4 atom stereocenters. The molecule has 2 nitrogen and oxygen atoms in total. The fraction of sp³-hybridized carbons (Fsp3) is 1.00. The molecule has 2 saturated carbocycles. The molecule has 2 aliphatic carbocycles. The Kier molecular flexibility index (Phi) is 2.75. The molecule has 1 heterocycles. The van der Waals surface area contributed by atoms with E-state index in [-0.39, 0.29) is 0 Å². The lowest BCUT2D eigenvalue weighted by Crippen LogP contribution is -2.43. The summed E-state index contributed by atoms with van der Waals surface area (Å²) in [6.45, 7) is 6.42. The third-order valence-electron chi connectivity index (χ3n) is 5.54. The molecule has 0 aromatic rings.